The quantitative estimate of drug-likeness (QED) is 0.930. The van der Waals surface area contributed by atoms with E-state index < -0.39 is 0 Å². The van der Waals surface area contributed by atoms with Gasteiger partial charge in [-0.3, -0.25) is 0 Å². The number of hydrogen-bond acceptors (Lipinski definition) is 6. The van der Waals surface area contributed by atoms with Gasteiger partial charge in [0.15, 0.2) is 0 Å². The van der Waals surface area contributed by atoms with Gasteiger partial charge in [-0.25, -0.2) is 9.97 Å². The summed E-state index contributed by atoms with van der Waals surface area (Å²) in [6.45, 7) is 5.16. The number of thiophene rings is 1. The van der Waals surface area contributed by atoms with E-state index in [2.05, 4.69) is 46.9 Å². The molecule has 0 bridgehead atoms. The molecule has 0 radical (unpaired) electrons. The summed E-state index contributed by atoms with van der Waals surface area (Å²) >= 11 is 1.71. The molecule has 2 atom stereocenters. The molecule has 1 aliphatic heterocycles. The van der Waals surface area contributed by atoms with Gasteiger partial charge in [0.1, 0.15) is 17.0 Å². The molecule has 1 aliphatic rings. The Kier molecular flexibility index (Phi) is 4.10. The first-order valence-electron chi connectivity index (χ1n) is 7.30. The van der Waals surface area contributed by atoms with Crippen LogP contribution in [0, 0.1) is 18.8 Å². The van der Waals surface area contributed by atoms with E-state index >= 15 is 0 Å². The summed E-state index contributed by atoms with van der Waals surface area (Å²) in [5, 5.41) is 10.8. The highest BCUT2D eigenvalue weighted by Crippen LogP contribution is 2.34. The Hall–Kier alpha value is -1.24. The summed E-state index contributed by atoms with van der Waals surface area (Å²) in [5.74, 6) is 1.82. The summed E-state index contributed by atoms with van der Waals surface area (Å²) in [5.41, 5.74) is 0. The SMILES string of the molecule is Cc1cc2c(N3C[C@@H](CN(C)C)[C@@H](CO)C3)ncnc2s1. The second-order valence-electron chi connectivity index (χ2n) is 6.14. The molecule has 1 N–H and O–H groups in total. The molecule has 0 spiro atoms. The van der Waals surface area contributed by atoms with Crippen LogP contribution in [0.4, 0.5) is 5.82 Å². The first kappa shape index (κ1) is 14.7. The molecule has 6 heteroatoms. The Morgan fingerprint density at radius 3 is 2.81 bits per heavy atom. The first-order valence-corrected chi connectivity index (χ1v) is 8.11. The maximum Gasteiger partial charge on any atom is 0.140 e. The third-order valence-electron chi connectivity index (χ3n) is 4.14. The number of aliphatic hydroxyl groups is 1. The van der Waals surface area contributed by atoms with Gasteiger partial charge in [-0.1, -0.05) is 0 Å². The summed E-state index contributed by atoms with van der Waals surface area (Å²) in [4.78, 5) is 15.7. The van der Waals surface area contributed by atoms with Crippen molar-refractivity contribution in [3.8, 4) is 0 Å². The molecule has 0 saturated carbocycles. The fraction of sp³-hybridized carbons (Fsp3) is 0.600. The zero-order valence-corrected chi connectivity index (χ0v) is 13.6. The molecule has 3 rings (SSSR count). The Labute approximate surface area is 129 Å². The Morgan fingerprint density at radius 1 is 1.33 bits per heavy atom. The van der Waals surface area contributed by atoms with Crippen LogP contribution in [0.3, 0.4) is 0 Å². The lowest BCUT2D eigenvalue weighted by Crippen LogP contribution is -2.28. The molecule has 1 fully saturated rings. The molecule has 21 heavy (non-hydrogen) atoms. The van der Waals surface area contributed by atoms with Gasteiger partial charge in [-0.05, 0) is 33.0 Å². The monoisotopic (exact) mass is 306 g/mol. The van der Waals surface area contributed by atoms with E-state index in [-0.39, 0.29) is 6.61 Å². The summed E-state index contributed by atoms with van der Waals surface area (Å²) in [7, 11) is 4.17. The zero-order chi connectivity index (χ0) is 15.0. The van der Waals surface area contributed by atoms with Crippen molar-refractivity contribution in [1.29, 1.82) is 0 Å². The standard InChI is InChI=1S/C15H22N4OS/c1-10-4-13-14(16-9-17-15(13)21-10)19-6-11(5-18(2)3)12(7-19)8-20/h4,9,11-12,20H,5-8H2,1-3H3/t11-,12-/m1/s1. The Balaban J connectivity index is 1.89. The predicted octanol–water partition coefficient (Wildman–Crippen LogP) is 1.61. The second-order valence-corrected chi connectivity index (χ2v) is 7.38. The number of aryl methyl sites for hydroxylation is 1. The lowest BCUT2D eigenvalue weighted by Gasteiger charge is -2.20. The number of anilines is 1. The highest BCUT2D eigenvalue weighted by molar-refractivity contribution is 7.18. The van der Waals surface area contributed by atoms with Crippen LogP contribution in [-0.4, -0.2) is 60.3 Å². The van der Waals surface area contributed by atoms with E-state index in [0.29, 0.717) is 11.8 Å². The van der Waals surface area contributed by atoms with Crippen molar-refractivity contribution in [3.05, 3.63) is 17.3 Å². The van der Waals surface area contributed by atoms with Crippen LogP contribution < -0.4 is 4.90 Å². The number of hydrogen-bond donors (Lipinski definition) is 1. The molecule has 0 aromatic carbocycles. The molecule has 0 amide bonds. The van der Waals surface area contributed by atoms with Crippen molar-refractivity contribution < 1.29 is 5.11 Å². The second kappa shape index (κ2) is 5.87. The topological polar surface area (TPSA) is 52.5 Å². The van der Waals surface area contributed by atoms with E-state index in [9.17, 15) is 5.11 Å². The minimum Gasteiger partial charge on any atom is -0.396 e. The van der Waals surface area contributed by atoms with Crippen LogP contribution >= 0.6 is 11.3 Å². The lowest BCUT2D eigenvalue weighted by atomic mass is 9.97. The van der Waals surface area contributed by atoms with Crippen molar-refractivity contribution >= 4 is 27.4 Å². The third kappa shape index (κ3) is 2.88. The summed E-state index contributed by atoms with van der Waals surface area (Å²) in [6.07, 6.45) is 1.65. The third-order valence-corrected chi connectivity index (χ3v) is 5.10. The highest BCUT2D eigenvalue weighted by Gasteiger charge is 2.34. The maximum absolute atomic E-state index is 9.66. The van der Waals surface area contributed by atoms with E-state index in [1.54, 1.807) is 17.7 Å². The molecule has 2 aromatic heterocycles. The van der Waals surface area contributed by atoms with Crippen molar-refractivity contribution in [3.63, 3.8) is 0 Å². The van der Waals surface area contributed by atoms with Gasteiger partial charge >= 0.3 is 0 Å². The number of aromatic nitrogens is 2. The van der Waals surface area contributed by atoms with Gasteiger partial charge in [0.25, 0.3) is 0 Å². The zero-order valence-electron chi connectivity index (χ0n) is 12.8. The number of nitrogens with zero attached hydrogens (tertiary/aromatic N) is 4. The van der Waals surface area contributed by atoms with E-state index in [4.69, 9.17) is 0 Å². The molecule has 0 unspecified atom stereocenters. The van der Waals surface area contributed by atoms with Gasteiger partial charge in [-0.15, -0.1) is 11.3 Å². The highest BCUT2D eigenvalue weighted by atomic mass is 32.1. The largest absolute Gasteiger partial charge is 0.396 e. The number of rotatable bonds is 4. The van der Waals surface area contributed by atoms with Crippen LogP contribution in [-0.2, 0) is 0 Å². The van der Waals surface area contributed by atoms with Crippen molar-refractivity contribution in [2.24, 2.45) is 11.8 Å². The summed E-state index contributed by atoms with van der Waals surface area (Å²) < 4.78 is 0. The maximum atomic E-state index is 9.66. The molecule has 3 heterocycles. The van der Waals surface area contributed by atoms with Crippen molar-refractivity contribution in [1.82, 2.24) is 14.9 Å². The van der Waals surface area contributed by atoms with Gasteiger partial charge < -0.3 is 14.9 Å². The van der Waals surface area contributed by atoms with Crippen LogP contribution in [0.1, 0.15) is 4.88 Å². The predicted molar refractivity (Wildman–Crippen MR) is 87.0 cm³/mol. The van der Waals surface area contributed by atoms with E-state index in [1.807, 2.05) is 0 Å². The van der Waals surface area contributed by atoms with Crippen LogP contribution in [0.15, 0.2) is 12.4 Å². The van der Waals surface area contributed by atoms with Crippen molar-refractivity contribution in [2.75, 3.05) is 45.2 Å². The fourth-order valence-electron chi connectivity index (χ4n) is 3.21. The first-order chi connectivity index (χ1) is 10.1. The average molecular weight is 306 g/mol. The number of fused-ring (bicyclic) bond motifs is 1. The normalized spacial score (nSPS) is 22.6. The average Bonchev–Trinajstić information content (AvgIpc) is 2.99. The Morgan fingerprint density at radius 2 is 2.10 bits per heavy atom. The molecular weight excluding hydrogens is 284 g/mol. The molecule has 5 nitrogen and oxygen atoms in total. The minimum absolute atomic E-state index is 0.242. The number of aliphatic hydroxyl groups excluding tert-OH is 1. The molecule has 2 aromatic rings. The smallest absolute Gasteiger partial charge is 0.140 e. The molecule has 0 aliphatic carbocycles. The molecule has 1 saturated heterocycles. The molecular formula is C15H22N4OS. The lowest BCUT2D eigenvalue weighted by molar-refractivity contribution is 0.185. The van der Waals surface area contributed by atoms with Gasteiger partial charge in [0, 0.05) is 37.0 Å². The van der Waals surface area contributed by atoms with Gasteiger partial charge in [0.2, 0.25) is 0 Å². The van der Waals surface area contributed by atoms with Gasteiger partial charge in [-0.2, -0.15) is 0 Å². The Bertz CT molecular complexity index is 627. The molecule has 114 valence electrons. The van der Waals surface area contributed by atoms with Crippen molar-refractivity contribution in [2.45, 2.75) is 6.92 Å². The van der Waals surface area contributed by atoms with Gasteiger partial charge in [0.05, 0.1) is 5.39 Å². The summed E-state index contributed by atoms with van der Waals surface area (Å²) in [6, 6.07) is 2.17. The fourth-order valence-corrected chi connectivity index (χ4v) is 4.05. The van der Waals surface area contributed by atoms with Crippen LogP contribution in [0.2, 0.25) is 0 Å². The van der Waals surface area contributed by atoms with E-state index in [1.165, 1.54) is 4.88 Å². The van der Waals surface area contributed by atoms with Crippen LogP contribution in [0.5, 0.6) is 0 Å². The van der Waals surface area contributed by atoms with Crippen LogP contribution in [0.25, 0.3) is 10.2 Å². The minimum atomic E-state index is 0.242. The van der Waals surface area contributed by atoms with E-state index in [0.717, 1.165) is 35.7 Å².